The van der Waals surface area contributed by atoms with Crippen LogP contribution in [0.4, 0.5) is 13.2 Å². The normalized spacial score (nSPS) is 19.7. The van der Waals surface area contributed by atoms with Crippen LogP contribution >= 0.6 is 0 Å². The van der Waals surface area contributed by atoms with Crippen molar-refractivity contribution in [2.24, 2.45) is 5.73 Å². The average Bonchev–Trinajstić information content (AvgIpc) is 2.56. The number of rotatable bonds is 3. The van der Waals surface area contributed by atoms with Crippen LogP contribution in [0.2, 0.25) is 0 Å². The summed E-state index contributed by atoms with van der Waals surface area (Å²) in [5.41, 5.74) is 3.71. The number of benzene rings is 1. The third-order valence-corrected chi connectivity index (χ3v) is 4.02. The van der Waals surface area contributed by atoms with Crippen molar-refractivity contribution in [3.05, 3.63) is 23.8 Å². The maximum atomic E-state index is 12.5. The SMILES string of the molecule is CC1(C)OB(c2ccc(C(N)=O)c(OC(F)(F)F)c2)OC1(C)C. The fraction of sp³-hybridized carbons (Fsp3) is 0.500. The Bertz CT molecular complexity index is 615. The van der Waals surface area contributed by atoms with Crippen LogP contribution in [0.1, 0.15) is 38.1 Å². The zero-order valence-electron chi connectivity index (χ0n) is 13.2. The number of primary amides is 1. The second-order valence-electron chi connectivity index (χ2n) is 6.26. The smallest absolute Gasteiger partial charge is 0.405 e. The molecule has 1 aliphatic rings. The van der Waals surface area contributed by atoms with Gasteiger partial charge in [-0.3, -0.25) is 4.79 Å². The number of carbonyl (C=O) groups is 1. The number of nitrogens with two attached hydrogens (primary N) is 1. The molecule has 1 amide bonds. The molecule has 2 N–H and O–H groups in total. The van der Waals surface area contributed by atoms with E-state index in [4.69, 9.17) is 15.0 Å². The second kappa shape index (κ2) is 5.42. The highest BCUT2D eigenvalue weighted by molar-refractivity contribution is 6.62. The minimum atomic E-state index is -4.95. The summed E-state index contributed by atoms with van der Waals surface area (Å²) in [7, 11) is -0.877. The molecule has 1 aliphatic heterocycles. The molecule has 0 radical (unpaired) electrons. The van der Waals surface area contributed by atoms with Crippen LogP contribution in [0.3, 0.4) is 0 Å². The predicted octanol–water partition coefficient (Wildman–Crippen LogP) is 1.98. The molecule has 1 fully saturated rings. The molecule has 1 aromatic rings. The molecular weight excluding hydrogens is 314 g/mol. The van der Waals surface area contributed by atoms with Gasteiger partial charge in [-0.25, -0.2) is 0 Å². The van der Waals surface area contributed by atoms with Crippen molar-refractivity contribution in [1.82, 2.24) is 0 Å². The summed E-state index contributed by atoms with van der Waals surface area (Å²) in [6.45, 7) is 7.27. The van der Waals surface area contributed by atoms with Crippen molar-refractivity contribution in [2.45, 2.75) is 45.3 Å². The Morgan fingerprint density at radius 1 is 1.17 bits per heavy atom. The molecule has 1 aromatic carbocycles. The van der Waals surface area contributed by atoms with Crippen LogP contribution in [-0.2, 0) is 9.31 Å². The molecular formula is C14H17BF3NO4. The highest BCUT2D eigenvalue weighted by atomic mass is 19.4. The van der Waals surface area contributed by atoms with Gasteiger partial charge in [-0.05, 0) is 45.3 Å². The maximum absolute atomic E-state index is 12.5. The third kappa shape index (κ3) is 3.61. The first-order valence-corrected chi connectivity index (χ1v) is 6.87. The second-order valence-corrected chi connectivity index (χ2v) is 6.26. The largest absolute Gasteiger partial charge is 0.573 e. The fourth-order valence-corrected chi connectivity index (χ4v) is 2.08. The minimum absolute atomic E-state index is 0.299. The summed E-state index contributed by atoms with van der Waals surface area (Å²) >= 11 is 0. The van der Waals surface area contributed by atoms with Crippen LogP contribution in [0.5, 0.6) is 5.75 Å². The molecule has 0 aromatic heterocycles. The summed E-state index contributed by atoms with van der Waals surface area (Å²) in [6.07, 6.45) is -4.95. The minimum Gasteiger partial charge on any atom is -0.405 e. The van der Waals surface area contributed by atoms with Gasteiger partial charge in [0.25, 0.3) is 5.91 Å². The molecule has 9 heteroatoms. The van der Waals surface area contributed by atoms with E-state index in [2.05, 4.69) is 4.74 Å². The molecule has 0 aliphatic carbocycles. The number of carbonyl (C=O) groups excluding carboxylic acids is 1. The van der Waals surface area contributed by atoms with Gasteiger partial charge in [0.15, 0.2) is 0 Å². The lowest BCUT2D eigenvalue weighted by Gasteiger charge is -2.32. The topological polar surface area (TPSA) is 70.8 Å². The molecule has 1 saturated heterocycles. The first-order chi connectivity index (χ1) is 10.3. The number of hydrogen-bond acceptors (Lipinski definition) is 4. The fourth-order valence-electron chi connectivity index (χ4n) is 2.08. The number of alkyl halides is 3. The Morgan fingerprint density at radius 2 is 1.70 bits per heavy atom. The molecule has 0 spiro atoms. The third-order valence-electron chi connectivity index (χ3n) is 4.02. The van der Waals surface area contributed by atoms with Gasteiger partial charge in [-0.1, -0.05) is 6.07 Å². The van der Waals surface area contributed by atoms with E-state index in [9.17, 15) is 18.0 Å². The van der Waals surface area contributed by atoms with E-state index in [0.29, 0.717) is 5.46 Å². The summed E-state index contributed by atoms with van der Waals surface area (Å²) in [4.78, 5) is 11.3. The van der Waals surface area contributed by atoms with Crippen molar-refractivity contribution in [3.8, 4) is 5.75 Å². The lowest BCUT2D eigenvalue weighted by Crippen LogP contribution is -2.41. The van der Waals surface area contributed by atoms with Gasteiger partial charge in [0.05, 0.1) is 16.8 Å². The molecule has 5 nitrogen and oxygen atoms in total. The number of hydrogen-bond donors (Lipinski definition) is 1. The zero-order valence-corrected chi connectivity index (χ0v) is 13.2. The zero-order chi connectivity index (χ0) is 17.6. The van der Waals surface area contributed by atoms with E-state index in [1.807, 2.05) is 27.7 Å². The number of amides is 1. The van der Waals surface area contributed by atoms with E-state index < -0.39 is 36.3 Å². The summed E-state index contributed by atoms with van der Waals surface area (Å²) < 4.78 is 52.9. The average molecular weight is 331 g/mol. The van der Waals surface area contributed by atoms with Crippen LogP contribution in [0.25, 0.3) is 0 Å². The van der Waals surface area contributed by atoms with E-state index >= 15 is 0 Å². The molecule has 23 heavy (non-hydrogen) atoms. The van der Waals surface area contributed by atoms with Crippen molar-refractivity contribution < 1.29 is 32.0 Å². The Balaban J connectivity index is 2.39. The van der Waals surface area contributed by atoms with Crippen molar-refractivity contribution >= 4 is 18.5 Å². The highest BCUT2D eigenvalue weighted by Gasteiger charge is 2.52. The molecule has 1 heterocycles. The van der Waals surface area contributed by atoms with Crippen molar-refractivity contribution in [2.75, 3.05) is 0 Å². The molecule has 0 saturated carbocycles. The van der Waals surface area contributed by atoms with Gasteiger partial charge in [0.2, 0.25) is 0 Å². The van der Waals surface area contributed by atoms with Gasteiger partial charge in [0.1, 0.15) is 5.75 Å². The molecule has 0 unspecified atom stereocenters. The predicted molar refractivity (Wildman–Crippen MR) is 77.4 cm³/mol. The number of halogens is 3. The molecule has 2 rings (SSSR count). The molecule has 0 bridgehead atoms. The first kappa shape index (κ1) is 17.6. The quantitative estimate of drug-likeness (QED) is 0.860. The number of ether oxygens (including phenoxy) is 1. The Kier molecular flexibility index (Phi) is 4.15. The Hall–Kier alpha value is -1.74. The van der Waals surface area contributed by atoms with E-state index in [1.165, 1.54) is 6.07 Å². The summed E-state index contributed by atoms with van der Waals surface area (Å²) in [5.74, 6) is -1.71. The summed E-state index contributed by atoms with van der Waals surface area (Å²) in [6, 6.07) is 3.63. The van der Waals surface area contributed by atoms with Crippen molar-refractivity contribution in [1.29, 1.82) is 0 Å². The first-order valence-electron chi connectivity index (χ1n) is 6.87. The van der Waals surface area contributed by atoms with Gasteiger partial charge in [0, 0.05) is 0 Å². The van der Waals surface area contributed by atoms with Gasteiger partial charge < -0.3 is 19.8 Å². The highest BCUT2D eigenvalue weighted by Crippen LogP contribution is 2.37. The van der Waals surface area contributed by atoms with Gasteiger partial charge in [-0.15, -0.1) is 13.2 Å². The maximum Gasteiger partial charge on any atom is 0.573 e. The monoisotopic (exact) mass is 331 g/mol. The van der Waals surface area contributed by atoms with E-state index in [1.54, 1.807) is 0 Å². The molecule has 0 atom stereocenters. The van der Waals surface area contributed by atoms with Crippen molar-refractivity contribution in [3.63, 3.8) is 0 Å². The van der Waals surface area contributed by atoms with E-state index in [-0.39, 0.29) is 5.56 Å². The Labute approximate surface area is 132 Å². The lowest BCUT2D eigenvalue weighted by molar-refractivity contribution is -0.274. The standard InChI is InChI=1S/C14H17BF3NO4/c1-12(2)13(3,4)23-15(22-12)8-5-6-9(11(19)20)10(7-8)21-14(16,17)18/h5-7H,1-4H3,(H2,19,20). The summed E-state index contributed by atoms with van der Waals surface area (Å²) in [5, 5.41) is 0. The Morgan fingerprint density at radius 3 is 2.13 bits per heavy atom. The van der Waals surface area contributed by atoms with Crippen LogP contribution in [-0.4, -0.2) is 30.6 Å². The van der Waals surface area contributed by atoms with Crippen LogP contribution < -0.4 is 15.9 Å². The van der Waals surface area contributed by atoms with Crippen LogP contribution in [0, 0.1) is 0 Å². The lowest BCUT2D eigenvalue weighted by atomic mass is 9.78. The van der Waals surface area contributed by atoms with Gasteiger partial charge >= 0.3 is 13.5 Å². The van der Waals surface area contributed by atoms with E-state index in [0.717, 1.165) is 12.1 Å². The van der Waals surface area contributed by atoms with Crippen LogP contribution in [0.15, 0.2) is 18.2 Å². The van der Waals surface area contributed by atoms with Gasteiger partial charge in [-0.2, -0.15) is 0 Å². The molecule has 126 valence electrons.